The Balaban J connectivity index is 2.79. The number of hydrogen-bond acceptors (Lipinski definition) is 3. The topological polar surface area (TPSA) is 67.2 Å². The average Bonchev–Trinajstić information content (AvgIpc) is 2.36. The number of carbonyl (C=O) groups excluding carboxylic acids is 1. The Morgan fingerprint density at radius 3 is 2.55 bits per heavy atom. The minimum Gasteiger partial charge on any atom is -0.397 e. The minimum absolute atomic E-state index is 0.0700. The van der Waals surface area contributed by atoms with Crippen LogP contribution in [0.25, 0.3) is 0 Å². The Bertz CT molecular complexity index is 463. The van der Waals surface area contributed by atoms with Crippen molar-refractivity contribution >= 4 is 17.3 Å². The van der Waals surface area contributed by atoms with Gasteiger partial charge in [-0.25, -0.2) is 0 Å². The Morgan fingerprint density at radius 1 is 1.35 bits per heavy atom. The van der Waals surface area contributed by atoms with Crippen LogP contribution in [0, 0.1) is 11.3 Å². The van der Waals surface area contributed by atoms with Crippen molar-refractivity contribution in [2.45, 2.75) is 34.6 Å². The molecule has 0 aliphatic rings. The number of amides is 1. The lowest BCUT2D eigenvalue weighted by Gasteiger charge is -2.28. The molecule has 0 saturated heterocycles. The second-order valence-electron chi connectivity index (χ2n) is 6.31. The van der Waals surface area contributed by atoms with E-state index in [1.54, 1.807) is 12.1 Å². The Labute approximate surface area is 122 Å². The normalized spacial score (nSPS) is 12.8. The molecule has 4 nitrogen and oxygen atoms in total. The van der Waals surface area contributed by atoms with Crippen molar-refractivity contribution < 1.29 is 4.79 Å². The van der Waals surface area contributed by atoms with E-state index in [9.17, 15) is 4.79 Å². The molecule has 0 aliphatic heterocycles. The second-order valence-corrected chi connectivity index (χ2v) is 6.31. The highest BCUT2D eigenvalue weighted by atomic mass is 16.1. The predicted octanol–water partition coefficient (Wildman–Crippen LogP) is 3.11. The fourth-order valence-electron chi connectivity index (χ4n) is 1.68. The zero-order chi connectivity index (χ0) is 15.3. The number of nitrogens with one attached hydrogen (secondary N) is 2. The molecule has 0 heterocycles. The molecule has 1 rings (SSSR count). The number of benzene rings is 1. The molecule has 1 atom stereocenters. The van der Waals surface area contributed by atoms with Crippen LogP contribution < -0.4 is 16.4 Å². The highest BCUT2D eigenvalue weighted by Gasteiger charge is 2.19. The van der Waals surface area contributed by atoms with Crippen LogP contribution in [-0.4, -0.2) is 19.0 Å². The summed E-state index contributed by atoms with van der Waals surface area (Å²) in [5, 5.41) is 6.14. The summed E-state index contributed by atoms with van der Waals surface area (Å²) >= 11 is 0. The molecule has 0 radical (unpaired) electrons. The first-order valence-corrected chi connectivity index (χ1v) is 7.17. The molecule has 1 amide bonds. The van der Waals surface area contributed by atoms with Gasteiger partial charge in [-0.05, 0) is 36.5 Å². The Morgan fingerprint density at radius 2 is 2.00 bits per heavy atom. The summed E-state index contributed by atoms with van der Waals surface area (Å²) in [6.45, 7) is 12.2. The quantitative estimate of drug-likeness (QED) is 0.724. The van der Waals surface area contributed by atoms with Crippen molar-refractivity contribution in [1.29, 1.82) is 0 Å². The van der Waals surface area contributed by atoms with E-state index in [0.717, 1.165) is 12.2 Å². The van der Waals surface area contributed by atoms with Crippen molar-refractivity contribution in [2.75, 3.05) is 24.1 Å². The van der Waals surface area contributed by atoms with Gasteiger partial charge in [0.05, 0.1) is 11.4 Å². The van der Waals surface area contributed by atoms with E-state index in [-0.39, 0.29) is 11.3 Å². The third-order valence-corrected chi connectivity index (χ3v) is 3.73. The maximum atomic E-state index is 11.8. The monoisotopic (exact) mass is 277 g/mol. The smallest absolute Gasteiger partial charge is 0.251 e. The molecule has 0 aliphatic carbocycles. The molecule has 0 fully saturated rings. The maximum Gasteiger partial charge on any atom is 0.251 e. The number of anilines is 2. The first-order chi connectivity index (χ1) is 9.25. The highest BCUT2D eigenvalue weighted by molar-refractivity contribution is 5.96. The van der Waals surface area contributed by atoms with Gasteiger partial charge >= 0.3 is 0 Å². The van der Waals surface area contributed by atoms with Crippen LogP contribution in [0.5, 0.6) is 0 Å². The van der Waals surface area contributed by atoms with Gasteiger partial charge in [0.1, 0.15) is 0 Å². The number of hydrogen-bond donors (Lipinski definition) is 3. The molecule has 20 heavy (non-hydrogen) atoms. The van der Waals surface area contributed by atoms with E-state index in [1.165, 1.54) is 0 Å². The van der Waals surface area contributed by atoms with Gasteiger partial charge in [-0.15, -0.1) is 0 Å². The van der Waals surface area contributed by atoms with Gasteiger partial charge in [0.15, 0.2) is 0 Å². The lowest BCUT2D eigenvalue weighted by Crippen LogP contribution is -2.25. The van der Waals surface area contributed by atoms with E-state index in [0.29, 0.717) is 23.7 Å². The van der Waals surface area contributed by atoms with Crippen LogP contribution in [0.4, 0.5) is 11.4 Å². The van der Waals surface area contributed by atoms with Gasteiger partial charge in [-0.1, -0.05) is 27.7 Å². The second kappa shape index (κ2) is 6.64. The molecule has 0 bridgehead atoms. The lowest BCUT2D eigenvalue weighted by molar-refractivity contribution is 0.0956. The van der Waals surface area contributed by atoms with E-state index >= 15 is 0 Å². The van der Waals surface area contributed by atoms with E-state index in [1.807, 2.05) is 13.0 Å². The first-order valence-electron chi connectivity index (χ1n) is 7.17. The Kier molecular flexibility index (Phi) is 5.43. The van der Waals surface area contributed by atoms with Gasteiger partial charge in [-0.3, -0.25) is 4.79 Å². The molecule has 4 heteroatoms. The fourth-order valence-corrected chi connectivity index (χ4v) is 1.68. The van der Waals surface area contributed by atoms with E-state index < -0.39 is 0 Å². The van der Waals surface area contributed by atoms with Gasteiger partial charge in [-0.2, -0.15) is 0 Å². The lowest BCUT2D eigenvalue weighted by atomic mass is 9.82. The molecular formula is C16H27N3O. The van der Waals surface area contributed by atoms with Gasteiger partial charge in [0, 0.05) is 18.7 Å². The van der Waals surface area contributed by atoms with Crippen molar-refractivity contribution in [3.05, 3.63) is 23.8 Å². The summed E-state index contributed by atoms with van der Waals surface area (Å²) < 4.78 is 0. The average molecular weight is 277 g/mol. The third kappa shape index (κ3) is 4.44. The molecule has 112 valence electrons. The molecular weight excluding hydrogens is 250 g/mol. The highest BCUT2D eigenvalue weighted by Crippen LogP contribution is 2.27. The number of nitrogens with two attached hydrogens (primary N) is 1. The summed E-state index contributed by atoms with van der Waals surface area (Å²) in [4.78, 5) is 11.8. The molecule has 1 aromatic carbocycles. The zero-order valence-corrected chi connectivity index (χ0v) is 13.2. The van der Waals surface area contributed by atoms with Crippen LogP contribution in [0.2, 0.25) is 0 Å². The van der Waals surface area contributed by atoms with Crippen LogP contribution in [0.3, 0.4) is 0 Å². The summed E-state index contributed by atoms with van der Waals surface area (Å²) in [5.74, 6) is 0.425. The number of rotatable bonds is 5. The SMILES string of the molecule is CCNC(=O)c1ccc(N)c(NCC(C)C(C)(C)C)c1. The summed E-state index contributed by atoms with van der Waals surface area (Å²) in [6, 6.07) is 5.34. The van der Waals surface area contributed by atoms with Gasteiger partial charge in [0.2, 0.25) is 0 Å². The van der Waals surface area contributed by atoms with Gasteiger partial charge < -0.3 is 16.4 Å². The van der Waals surface area contributed by atoms with Crippen molar-refractivity contribution in [1.82, 2.24) is 5.32 Å². The summed E-state index contributed by atoms with van der Waals surface area (Å²) in [7, 11) is 0. The largest absolute Gasteiger partial charge is 0.397 e. The molecule has 0 aromatic heterocycles. The predicted molar refractivity (Wildman–Crippen MR) is 86.0 cm³/mol. The standard InChI is InChI=1S/C16H27N3O/c1-6-18-15(20)12-7-8-13(17)14(9-12)19-10-11(2)16(3,4)5/h7-9,11,19H,6,10,17H2,1-5H3,(H,18,20). The van der Waals surface area contributed by atoms with Crippen LogP contribution >= 0.6 is 0 Å². The maximum absolute atomic E-state index is 11.8. The van der Waals surface area contributed by atoms with Crippen molar-refractivity contribution in [3.8, 4) is 0 Å². The minimum atomic E-state index is -0.0700. The van der Waals surface area contributed by atoms with Crippen LogP contribution in [0.15, 0.2) is 18.2 Å². The zero-order valence-electron chi connectivity index (χ0n) is 13.2. The molecule has 4 N–H and O–H groups in total. The molecule has 0 spiro atoms. The van der Waals surface area contributed by atoms with Gasteiger partial charge in [0.25, 0.3) is 5.91 Å². The van der Waals surface area contributed by atoms with Crippen LogP contribution in [-0.2, 0) is 0 Å². The summed E-state index contributed by atoms with van der Waals surface area (Å²) in [5.41, 5.74) is 8.32. The van der Waals surface area contributed by atoms with E-state index in [2.05, 4.69) is 38.3 Å². The molecule has 1 unspecified atom stereocenters. The van der Waals surface area contributed by atoms with Crippen molar-refractivity contribution in [3.63, 3.8) is 0 Å². The Hall–Kier alpha value is -1.71. The number of nitrogen functional groups attached to an aromatic ring is 1. The van der Waals surface area contributed by atoms with Crippen LogP contribution in [0.1, 0.15) is 45.0 Å². The molecule has 1 aromatic rings. The fraction of sp³-hybridized carbons (Fsp3) is 0.562. The first kappa shape index (κ1) is 16.3. The summed E-state index contributed by atoms with van der Waals surface area (Å²) in [6.07, 6.45) is 0. The number of carbonyl (C=O) groups is 1. The molecule has 0 saturated carbocycles. The third-order valence-electron chi connectivity index (χ3n) is 3.73. The van der Waals surface area contributed by atoms with E-state index in [4.69, 9.17) is 5.73 Å². The van der Waals surface area contributed by atoms with Crippen molar-refractivity contribution in [2.24, 2.45) is 11.3 Å².